The Balaban J connectivity index is 1.67. The van der Waals surface area contributed by atoms with Crippen molar-refractivity contribution in [1.82, 2.24) is 14.9 Å². The molecule has 2 heterocycles. The third kappa shape index (κ3) is 5.51. The van der Waals surface area contributed by atoms with E-state index in [4.69, 9.17) is 22.1 Å². The van der Waals surface area contributed by atoms with Crippen LogP contribution in [0.4, 0.5) is 27.8 Å². The lowest BCUT2D eigenvalue weighted by Crippen LogP contribution is -2.30. The lowest BCUT2D eigenvalue weighted by molar-refractivity contribution is -0.127. The molecule has 3 aromatic rings. The highest BCUT2D eigenvalue weighted by Crippen LogP contribution is 2.36. The molecule has 7 nitrogen and oxygen atoms in total. The van der Waals surface area contributed by atoms with E-state index in [1.807, 2.05) is 6.92 Å². The highest BCUT2D eigenvalue weighted by atomic mass is 35.5. The third-order valence-corrected chi connectivity index (χ3v) is 6.91. The van der Waals surface area contributed by atoms with Gasteiger partial charge in [0.05, 0.1) is 17.0 Å². The number of carbonyl (C=O) groups is 1. The number of benzene rings is 2. The smallest absolute Gasteiger partial charge is 0.237 e. The second-order valence-electron chi connectivity index (χ2n) is 8.94. The molecule has 39 heavy (non-hydrogen) atoms. The average Bonchev–Trinajstić information content (AvgIpc) is 3.42. The first-order valence-corrected chi connectivity index (χ1v) is 12.3. The van der Waals surface area contributed by atoms with Crippen LogP contribution in [0.2, 0.25) is 0 Å². The number of nitrogen functional groups attached to an aromatic ring is 1. The van der Waals surface area contributed by atoms with Crippen molar-refractivity contribution in [2.75, 3.05) is 31.8 Å². The van der Waals surface area contributed by atoms with Gasteiger partial charge in [0, 0.05) is 43.8 Å². The maximum atomic E-state index is 15.3. The van der Waals surface area contributed by atoms with Gasteiger partial charge in [0.25, 0.3) is 0 Å². The van der Waals surface area contributed by atoms with Crippen LogP contribution in [0.3, 0.4) is 0 Å². The van der Waals surface area contributed by atoms with Gasteiger partial charge in [-0.05, 0) is 24.5 Å². The summed E-state index contributed by atoms with van der Waals surface area (Å²) in [5.41, 5.74) is 7.01. The van der Waals surface area contributed by atoms with Gasteiger partial charge in [-0.15, -0.1) is 11.6 Å². The number of nitrogens with two attached hydrogens (primary N) is 1. The number of hydrogen-bond donors (Lipinski definition) is 1. The summed E-state index contributed by atoms with van der Waals surface area (Å²) in [6.07, 6.45) is 1.98. The van der Waals surface area contributed by atoms with Gasteiger partial charge < -0.3 is 15.4 Å². The van der Waals surface area contributed by atoms with E-state index in [1.54, 1.807) is 4.90 Å². The highest BCUT2D eigenvalue weighted by molar-refractivity contribution is 6.27. The van der Waals surface area contributed by atoms with Crippen LogP contribution >= 0.6 is 11.6 Å². The first-order valence-electron chi connectivity index (χ1n) is 11.8. The summed E-state index contributed by atoms with van der Waals surface area (Å²) < 4.78 is 75.4. The maximum absolute atomic E-state index is 15.3. The van der Waals surface area contributed by atoms with Crippen molar-refractivity contribution in [3.8, 4) is 11.5 Å². The molecule has 2 atom stereocenters. The molecule has 206 valence electrons. The van der Waals surface area contributed by atoms with Gasteiger partial charge in [0.2, 0.25) is 23.3 Å². The van der Waals surface area contributed by atoms with Crippen LogP contribution in [0.25, 0.3) is 0 Å². The maximum Gasteiger partial charge on any atom is 0.237 e. The second kappa shape index (κ2) is 11.5. The minimum Gasteiger partial charge on any atom is -0.451 e. The van der Waals surface area contributed by atoms with Gasteiger partial charge in [0.15, 0.2) is 11.6 Å². The number of alkyl halides is 1. The number of carbonyl (C=O) groups excluding carboxylic acids is 1. The molecule has 1 aliphatic rings. The predicted molar refractivity (Wildman–Crippen MR) is 135 cm³/mol. The van der Waals surface area contributed by atoms with E-state index in [9.17, 15) is 22.4 Å². The Morgan fingerprint density at radius 3 is 2.46 bits per heavy atom. The summed E-state index contributed by atoms with van der Waals surface area (Å²) in [5.74, 6) is -10.0. The van der Waals surface area contributed by atoms with Gasteiger partial charge in [-0.25, -0.2) is 23.1 Å². The van der Waals surface area contributed by atoms with Gasteiger partial charge >= 0.3 is 0 Å². The molecule has 0 spiro atoms. The fourth-order valence-electron chi connectivity index (χ4n) is 4.61. The Bertz CT molecular complexity index is 1430. The largest absolute Gasteiger partial charge is 0.451 e. The van der Waals surface area contributed by atoms with E-state index in [0.29, 0.717) is 25.2 Å². The number of aromatic nitrogens is 2. The summed E-state index contributed by atoms with van der Waals surface area (Å²) in [6.45, 7) is 2.91. The summed E-state index contributed by atoms with van der Waals surface area (Å²) in [7, 11) is 1.41. The van der Waals surface area contributed by atoms with Crippen LogP contribution in [0.15, 0.2) is 35.6 Å². The molecule has 1 amide bonds. The highest BCUT2D eigenvalue weighted by Gasteiger charge is 2.33. The van der Waals surface area contributed by atoms with Gasteiger partial charge in [-0.2, -0.15) is 8.78 Å². The van der Waals surface area contributed by atoms with Crippen molar-refractivity contribution in [2.45, 2.75) is 19.3 Å². The predicted octanol–water partition coefficient (Wildman–Crippen LogP) is 5.20. The fourth-order valence-corrected chi connectivity index (χ4v) is 4.78. The number of amides is 1. The number of anilines is 1. The summed E-state index contributed by atoms with van der Waals surface area (Å²) in [4.78, 5) is 26.4. The number of rotatable bonds is 7. The van der Waals surface area contributed by atoms with E-state index in [-0.39, 0.29) is 52.3 Å². The van der Waals surface area contributed by atoms with Crippen molar-refractivity contribution >= 4 is 29.0 Å². The first kappa shape index (κ1) is 28.2. The molecule has 2 aromatic carbocycles. The van der Waals surface area contributed by atoms with Crippen LogP contribution < -0.4 is 10.5 Å². The molecule has 1 aromatic heterocycles. The fraction of sp³-hybridized carbons (Fsp3) is 0.308. The number of ether oxygens (including phenoxy) is 1. The van der Waals surface area contributed by atoms with E-state index in [0.717, 1.165) is 12.1 Å². The monoisotopic (exact) mass is 567 g/mol. The van der Waals surface area contributed by atoms with Crippen molar-refractivity contribution in [3.05, 3.63) is 76.5 Å². The van der Waals surface area contributed by atoms with Crippen LogP contribution in [0, 0.1) is 35.0 Å². The Morgan fingerprint density at radius 1 is 1.15 bits per heavy atom. The standard InChI is InChI=1S/C26H23ClF5N5O2/c1-12(13-5-6-37(10-13)19(38)9-27)23-20(26(33)36-11-35-23)24(34-2)15-4-3-14(7-16(15)28)39-25-21(31)17(29)8-18(30)22(25)32/h3-4,7-8,11-13H,5-6,9-10H2,1-2H3,(H2,33,35,36). The van der Waals surface area contributed by atoms with Crippen LogP contribution in [0.5, 0.6) is 11.5 Å². The molecule has 4 rings (SSSR count). The lowest BCUT2D eigenvalue weighted by atomic mass is 9.86. The molecule has 0 radical (unpaired) electrons. The lowest BCUT2D eigenvalue weighted by Gasteiger charge is -2.23. The minimum absolute atomic E-state index is 0.0143. The number of likely N-dealkylation sites (tertiary alicyclic amines) is 1. The molecule has 1 fully saturated rings. The third-order valence-electron chi connectivity index (χ3n) is 6.68. The zero-order chi connectivity index (χ0) is 28.4. The molecule has 1 aliphatic heterocycles. The number of halogens is 6. The van der Waals surface area contributed by atoms with E-state index in [1.165, 1.54) is 19.4 Å². The zero-order valence-corrected chi connectivity index (χ0v) is 21.6. The normalized spacial score (nSPS) is 16.5. The van der Waals surface area contributed by atoms with Crippen molar-refractivity contribution in [1.29, 1.82) is 0 Å². The van der Waals surface area contributed by atoms with Crippen molar-refractivity contribution in [2.24, 2.45) is 10.9 Å². The SMILES string of the molecule is CN=C(c1ccc(Oc2c(F)c(F)cc(F)c2F)cc1F)c1c(N)ncnc1C(C)C1CCN(C(=O)CCl)C1. The van der Waals surface area contributed by atoms with Crippen LogP contribution in [0.1, 0.15) is 36.1 Å². The second-order valence-corrected chi connectivity index (χ2v) is 9.21. The molecule has 0 bridgehead atoms. The molecule has 2 N–H and O–H groups in total. The summed E-state index contributed by atoms with van der Waals surface area (Å²) in [5, 5.41) is 0. The van der Waals surface area contributed by atoms with E-state index >= 15 is 4.39 Å². The van der Waals surface area contributed by atoms with Gasteiger partial charge in [-0.3, -0.25) is 9.79 Å². The molecular formula is C26H23ClF5N5O2. The Hall–Kier alpha value is -3.80. The van der Waals surface area contributed by atoms with Gasteiger partial charge in [-0.1, -0.05) is 6.92 Å². The molecule has 1 saturated heterocycles. The number of aliphatic imine (C=N–C) groups is 1. The van der Waals surface area contributed by atoms with Crippen molar-refractivity contribution in [3.63, 3.8) is 0 Å². The summed E-state index contributed by atoms with van der Waals surface area (Å²) in [6, 6.07) is 3.20. The van der Waals surface area contributed by atoms with Crippen LogP contribution in [-0.4, -0.2) is 52.5 Å². The molecule has 13 heteroatoms. The number of nitrogens with zero attached hydrogens (tertiary/aromatic N) is 4. The van der Waals surface area contributed by atoms with E-state index in [2.05, 4.69) is 15.0 Å². The molecular weight excluding hydrogens is 545 g/mol. The molecule has 2 unspecified atom stereocenters. The van der Waals surface area contributed by atoms with Crippen LogP contribution in [-0.2, 0) is 4.79 Å². The average molecular weight is 568 g/mol. The van der Waals surface area contributed by atoms with Gasteiger partial charge in [0.1, 0.15) is 29.6 Å². The minimum atomic E-state index is -1.76. The zero-order valence-electron chi connectivity index (χ0n) is 20.8. The quantitative estimate of drug-likeness (QED) is 0.183. The molecule has 0 aliphatic carbocycles. The van der Waals surface area contributed by atoms with E-state index < -0.39 is 40.6 Å². The number of hydrogen-bond acceptors (Lipinski definition) is 6. The Labute approximate surface area is 225 Å². The first-order chi connectivity index (χ1) is 18.6. The summed E-state index contributed by atoms with van der Waals surface area (Å²) >= 11 is 5.69. The Morgan fingerprint density at radius 2 is 1.85 bits per heavy atom. The Kier molecular flexibility index (Phi) is 8.34. The molecule has 0 saturated carbocycles. The van der Waals surface area contributed by atoms with Crippen molar-refractivity contribution < 1.29 is 31.5 Å². The topological polar surface area (TPSA) is 93.7 Å².